The van der Waals surface area contributed by atoms with Gasteiger partial charge in [0.25, 0.3) is 0 Å². The van der Waals surface area contributed by atoms with Crippen LogP contribution in [0.3, 0.4) is 0 Å². The number of para-hydroxylation sites is 1. The smallest absolute Gasteiger partial charge is 0.215 e. The Morgan fingerprint density at radius 2 is 1.62 bits per heavy atom. The molecule has 168 valence electrons. The predicted octanol–water partition coefficient (Wildman–Crippen LogP) is 6.19. The summed E-state index contributed by atoms with van der Waals surface area (Å²) in [5, 5.41) is 0. The lowest BCUT2D eigenvalue weighted by Crippen LogP contribution is -1.98. The second kappa shape index (κ2) is 6.50. The van der Waals surface area contributed by atoms with Crippen molar-refractivity contribution in [1.29, 1.82) is 0 Å². The lowest BCUT2D eigenvalue weighted by Gasteiger charge is -2.11. The number of imidazole rings is 4. The zero-order valence-corrected chi connectivity index (χ0v) is 20.1. The van der Waals surface area contributed by atoms with Crippen LogP contribution in [0.4, 0.5) is 0 Å². The quantitative estimate of drug-likeness (QED) is 0.318. The molecular weight excluding hydrogens is 420 g/mol. The van der Waals surface area contributed by atoms with Crippen LogP contribution in [-0.2, 0) is 13.6 Å². The van der Waals surface area contributed by atoms with E-state index in [4.69, 9.17) is 4.98 Å². The molecule has 0 aliphatic carbocycles. The Morgan fingerprint density at radius 3 is 2.38 bits per heavy atom. The second-order valence-corrected chi connectivity index (χ2v) is 9.32. The van der Waals surface area contributed by atoms with Gasteiger partial charge in [0.2, 0.25) is 11.6 Å². The summed E-state index contributed by atoms with van der Waals surface area (Å²) in [6, 6.07) is 15.3. The molecule has 0 aliphatic heterocycles. The molecule has 0 spiro atoms. The zero-order chi connectivity index (χ0) is 23.3. The minimum absolute atomic E-state index is 0.875. The maximum atomic E-state index is 5.22. The highest BCUT2D eigenvalue weighted by Gasteiger charge is 2.22. The number of hydrogen-bond donors (Lipinski definition) is 0. The lowest BCUT2D eigenvalue weighted by molar-refractivity contribution is 0.805. The Bertz CT molecular complexity index is 1920. The molecule has 0 saturated carbocycles. The molecule has 0 aliphatic rings. The van der Waals surface area contributed by atoms with Gasteiger partial charge in [0.15, 0.2) is 0 Å². The summed E-state index contributed by atoms with van der Waals surface area (Å²) in [4.78, 5) is 9.85. The van der Waals surface area contributed by atoms with Gasteiger partial charge in [0, 0.05) is 37.1 Å². The van der Waals surface area contributed by atoms with Gasteiger partial charge in [-0.05, 0) is 56.5 Å². The highest BCUT2D eigenvalue weighted by molar-refractivity contribution is 6.04. The van der Waals surface area contributed by atoms with Crippen LogP contribution in [0, 0.1) is 20.8 Å². The number of aryl methyl sites for hydroxylation is 5. The van der Waals surface area contributed by atoms with E-state index in [-0.39, 0.29) is 0 Å². The summed E-state index contributed by atoms with van der Waals surface area (Å²) in [5.41, 5.74) is 13.3. The van der Waals surface area contributed by atoms with Crippen molar-refractivity contribution in [3.05, 3.63) is 71.5 Å². The third-order valence-electron chi connectivity index (χ3n) is 7.47. The minimum Gasteiger partial charge on any atom is -0.312 e. The number of aromatic nitrogens is 6. The van der Waals surface area contributed by atoms with Crippen molar-refractivity contribution in [2.45, 2.75) is 34.2 Å². The minimum atomic E-state index is 0.875. The summed E-state index contributed by atoms with van der Waals surface area (Å²) >= 11 is 0. The maximum absolute atomic E-state index is 5.22. The molecule has 0 radical (unpaired) electrons. The third-order valence-corrected chi connectivity index (χ3v) is 7.47. The van der Waals surface area contributed by atoms with E-state index >= 15 is 0 Å². The first kappa shape index (κ1) is 19.4. The van der Waals surface area contributed by atoms with E-state index in [9.17, 15) is 0 Å². The number of fused-ring (bicyclic) bond motifs is 8. The van der Waals surface area contributed by atoms with E-state index in [1.54, 1.807) is 0 Å². The van der Waals surface area contributed by atoms with Gasteiger partial charge >= 0.3 is 0 Å². The number of nitrogens with zero attached hydrogens (tertiary/aromatic N) is 6. The molecule has 34 heavy (non-hydrogen) atoms. The molecule has 3 aromatic carbocycles. The van der Waals surface area contributed by atoms with Gasteiger partial charge in [-0.3, -0.25) is 8.80 Å². The van der Waals surface area contributed by atoms with E-state index in [1.807, 2.05) is 6.20 Å². The van der Waals surface area contributed by atoms with Crippen LogP contribution in [0.5, 0.6) is 0 Å². The molecule has 6 heteroatoms. The molecule has 7 rings (SSSR count). The van der Waals surface area contributed by atoms with E-state index in [1.165, 1.54) is 49.9 Å². The molecule has 6 nitrogen and oxygen atoms in total. The second-order valence-electron chi connectivity index (χ2n) is 9.32. The van der Waals surface area contributed by atoms with Crippen molar-refractivity contribution in [2.75, 3.05) is 0 Å². The van der Waals surface area contributed by atoms with Crippen LogP contribution >= 0.6 is 0 Å². The Hall–Kier alpha value is -4.06. The monoisotopic (exact) mass is 446 g/mol. The van der Waals surface area contributed by atoms with E-state index < -0.39 is 0 Å². The molecule has 0 bridgehead atoms. The van der Waals surface area contributed by atoms with E-state index in [0.29, 0.717) is 0 Å². The molecule has 0 fully saturated rings. The van der Waals surface area contributed by atoms with Crippen molar-refractivity contribution in [3.63, 3.8) is 0 Å². The fourth-order valence-corrected chi connectivity index (χ4v) is 6.05. The van der Waals surface area contributed by atoms with Gasteiger partial charge < -0.3 is 9.13 Å². The Balaban J connectivity index is 1.67. The van der Waals surface area contributed by atoms with Crippen molar-refractivity contribution >= 4 is 44.7 Å². The average Bonchev–Trinajstić information content (AvgIpc) is 3.55. The first-order chi connectivity index (χ1) is 16.5. The van der Waals surface area contributed by atoms with E-state index in [0.717, 1.165) is 29.1 Å². The lowest BCUT2D eigenvalue weighted by atomic mass is 9.95. The number of rotatable bonds is 2. The molecule has 7 aromatic rings. The maximum Gasteiger partial charge on any atom is 0.215 e. The Kier molecular flexibility index (Phi) is 3.71. The highest BCUT2D eigenvalue weighted by atomic mass is 15.2. The molecule has 0 saturated heterocycles. The summed E-state index contributed by atoms with van der Waals surface area (Å²) in [5.74, 6) is 1.95. The molecule has 4 heterocycles. The van der Waals surface area contributed by atoms with Crippen LogP contribution < -0.4 is 0 Å². The average molecular weight is 447 g/mol. The Morgan fingerprint density at radius 1 is 0.853 bits per heavy atom. The largest absolute Gasteiger partial charge is 0.312 e. The summed E-state index contributed by atoms with van der Waals surface area (Å²) in [6.07, 6.45) is 3.94. The first-order valence-corrected chi connectivity index (χ1v) is 11.8. The van der Waals surface area contributed by atoms with Crippen molar-refractivity contribution in [2.24, 2.45) is 7.05 Å². The van der Waals surface area contributed by atoms with Crippen LogP contribution in [0.25, 0.3) is 55.8 Å². The molecule has 0 unspecified atom stereocenters. The molecule has 0 atom stereocenters. The third kappa shape index (κ3) is 2.20. The summed E-state index contributed by atoms with van der Waals surface area (Å²) in [7, 11) is 2.13. The van der Waals surface area contributed by atoms with Gasteiger partial charge in [0.05, 0.1) is 33.1 Å². The summed E-state index contributed by atoms with van der Waals surface area (Å²) < 4.78 is 9.07. The SMILES string of the molecule is CCn1c2c(C)c3c(cc2n2ccnc12)n1c2cccc(-c4c(C)cccc4C)c2nc1n3C. The van der Waals surface area contributed by atoms with Crippen molar-refractivity contribution < 1.29 is 0 Å². The van der Waals surface area contributed by atoms with Crippen LogP contribution in [0.15, 0.2) is 54.9 Å². The van der Waals surface area contributed by atoms with Gasteiger partial charge in [-0.2, -0.15) is 0 Å². The number of benzene rings is 3. The summed E-state index contributed by atoms with van der Waals surface area (Å²) in [6.45, 7) is 9.64. The first-order valence-electron chi connectivity index (χ1n) is 11.8. The van der Waals surface area contributed by atoms with Gasteiger partial charge in [0.1, 0.15) is 0 Å². The molecule has 0 amide bonds. The van der Waals surface area contributed by atoms with Crippen LogP contribution in [0.1, 0.15) is 23.6 Å². The van der Waals surface area contributed by atoms with Crippen molar-refractivity contribution in [3.8, 4) is 11.1 Å². The molecular formula is C28H26N6. The molecule has 4 aromatic heterocycles. The highest BCUT2D eigenvalue weighted by Crippen LogP contribution is 2.37. The van der Waals surface area contributed by atoms with Crippen molar-refractivity contribution in [1.82, 2.24) is 27.9 Å². The standard InChI is InChI=1S/C28H26N6/c1-6-32-26-18(4)25-22(15-21(26)33-14-13-29-27(32)33)34-20-12-8-11-19(24(20)30-28(34)31(25)5)23-16(2)9-7-10-17(23)3/h7-15H,6H2,1-5H3. The molecule has 0 N–H and O–H groups in total. The van der Waals surface area contributed by atoms with Crippen LogP contribution in [-0.4, -0.2) is 27.9 Å². The zero-order valence-electron chi connectivity index (χ0n) is 20.1. The Labute approximate surface area is 196 Å². The van der Waals surface area contributed by atoms with Gasteiger partial charge in [-0.1, -0.05) is 30.3 Å². The predicted molar refractivity (Wildman–Crippen MR) is 139 cm³/mol. The van der Waals surface area contributed by atoms with Gasteiger partial charge in [-0.15, -0.1) is 0 Å². The normalized spacial score (nSPS) is 12.4. The fourth-order valence-electron chi connectivity index (χ4n) is 6.05. The van der Waals surface area contributed by atoms with E-state index in [2.05, 4.69) is 106 Å². The van der Waals surface area contributed by atoms with Crippen LogP contribution in [0.2, 0.25) is 0 Å². The fraction of sp³-hybridized carbons (Fsp3) is 0.214. The van der Waals surface area contributed by atoms with Gasteiger partial charge in [-0.25, -0.2) is 9.97 Å². The topological polar surface area (TPSA) is 44.5 Å². The number of hydrogen-bond acceptors (Lipinski definition) is 2.